The molecule has 2 aromatic carbocycles. The van der Waals surface area contributed by atoms with Gasteiger partial charge in [0.1, 0.15) is 0 Å². The summed E-state index contributed by atoms with van der Waals surface area (Å²) in [5, 5.41) is 11.9. The first kappa shape index (κ1) is 21.2. The summed E-state index contributed by atoms with van der Waals surface area (Å²) in [6.07, 6.45) is 6.14. The van der Waals surface area contributed by atoms with Crippen LogP contribution >= 0.6 is 0 Å². The van der Waals surface area contributed by atoms with Crippen molar-refractivity contribution >= 4 is 11.5 Å². The molecule has 34 heavy (non-hydrogen) atoms. The molecule has 0 saturated heterocycles. The maximum absolute atomic E-state index is 13.3. The van der Waals surface area contributed by atoms with Gasteiger partial charge in [-0.3, -0.25) is 0 Å². The molecule has 0 amide bonds. The van der Waals surface area contributed by atoms with Gasteiger partial charge >= 0.3 is 5.97 Å². The maximum atomic E-state index is 13.3. The summed E-state index contributed by atoms with van der Waals surface area (Å²) >= 11 is 0. The second-order valence-electron chi connectivity index (χ2n) is 9.08. The zero-order valence-corrected chi connectivity index (χ0v) is 18.9. The van der Waals surface area contributed by atoms with E-state index in [9.17, 15) is 9.90 Å². The molecule has 1 saturated carbocycles. The van der Waals surface area contributed by atoms with Gasteiger partial charge in [-0.1, -0.05) is 32.1 Å². The van der Waals surface area contributed by atoms with Gasteiger partial charge < -0.3 is 33.5 Å². The lowest BCUT2D eigenvalue weighted by atomic mass is 9.80. The van der Waals surface area contributed by atoms with Crippen molar-refractivity contribution < 1.29 is 38.3 Å². The Bertz CT molecular complexity index is 1180. The monoisotopic (exact) mass is 466 g/mol. The second kappa shape index (κ2) is 8.13. The predicted octanol–water partition coefficient (Wildman–Crippen LogP) is 4.28. The fourth-order valence-corrected chi connectivity index (χ4v) is 5.37. The van der Waals surface area contributed by atoms with E-state index in [0.717, 1.165) is 25.7 Å². The Kier molecular flexibility index (Phi) is 5.06. The smallest absolute Gasteiger partial charge is 0.341 e. The van der Waals surface area contributed by atoms with Crippen molar-refractivity contribution in [2.75, 3.05) is 20.7 Å². The van der Waals surface area contributed by atoms with E-state index in [0.29, 0.717) is 63.4 Å². The Morgan fingerprint density at radius 3 is 2.56 bits per heavy atom. The molecule has 6 rings (SSSR count). The summed E-state index contributed by atoms with van der Waals surface area (Å²) < 4.78 is 33.2. The molecule has 0 aromatic heterocycles. The van der Waals surface area contributed by atoms with Crippen molar-refractivity contribution in [3.8, 4) is 28.7 Å². The number of carbonyl (C=O) groups is 1. The van der Waals surface area contributed by atoms with Gasteiger partial charge in [0, 0.05) is 11.1 Å². The zero-order valence-electron chi connectivity index (χ0n) is 18.9. The van der Waals surface area contributed by atoms with E-state index in [1.165, 1.54) is 13.5 Å². The van der Waals surface area contributed by atoms with Gasteiger partial charge in [-0.05, 0) is 48.2 Å². The largest absolute Gasteiger partial charge is 0.493 e. The molecule has 0 radical (unpaired) electrons. The van der Waals surface area contributed by atoms with Gasteiger partial charge in [0.15, 0.2) is 23.0 Å². The third-order valence-electron chi connectivity index (χ3n) is 7.08. The maximum Gasteiger partial charge on any atom is 0.341 e. The molecular weight excluding hydrogens is 440 g/mol. The van der Waals surface area contributed by atoms with Crippen LogP contribution in [0.2, 0.25) is 0 Å². The number of ether oxygens (including phenoxy) is 6. The predicted molar refractivity (Wildman–Crippen MR) is 120 cm³/mol. The minimum atomic E-state index is -1.91. The van der Waals surface area contributed by atoms with Crippen LogP contribution in [0, 0.1) is 5.92 Å². The van der Waals surface area contributed by atoms with Crippen LogP contribution in [0.15, 0.2) is 35.9 Å². The van der Waals surface area contributed by atoms with E-state index in [1.807, 2.05) is 0 Å². The van der Waals surface area contributed by atoms with Crippen molar-refractivity contribution in [3.63, 3.8) is 0 Å². The quantitative estimate of drug-likeness (QED) is 0.653. The van der Waals surface area contributed by atoms with Gasteiger partial charge in [-0.15, -0.1) is 0 Å². The number of cyclic esters (lactones) is 1. The Hall–Kier alpha value is -3.39. The number of aliphatic hydroxyl groups is 1. The number of hydrogen-bond donors (Lipinski definition) is 1. The molecule has 1 unspecified atom stereocenters. The molecule has 8 nitrogen and oxygen atoms in total. The molecule has 2 aromatic rings. The summed E-state index contributed by atoms with van der Waals surface area (Å²) in [5.74, 6) is 0.405. The lowest BCUT2D eigenvalue weighted by Gasteiger charge is -2.29. The van der Waals surface area contributed by atoms with E-state index in [4.69, 9.17) is 28.4 Å². The summed E-state index contributed by atoms with van der Waals surface area (Å²) in [4.78, 5) is 13.3. The summed E-state index contributed by atoms with van der Waals surface area (Å²) in [5.41, 5.74) is 1.87. The first-order chi connectivity index (χ1) is 16.6. The number of methoxy groups -OCH3 is 1. The highest BCUT2D eigenvalue weighted by Gasteiger charge is 2.49. The fourth-order valence-electron chi connectivity index (χ4n) is 5.37. The third kappa shape index (κ3) is 3.36. The van der Waals surface area contributed by atoms with Crippen molar-refractivity contribution in [1.29, 1.82) is 0 Å². The van der Waals surface area contributed by atoms with E-state index < -0.39 is 11.8 Å². The zero-order chi connectivity index (χ0) is 23.3. The van der Waals surface area contributed by atoms with Crippen LogP contribution in [0.4, 0.5) is 0 Å². The lowest BCUT2D eigenvalue weighted by molar-refractivity contribution is -0.185. The van der Waals surface area contributed by atoms with Gasteiger partial charge in [0.05, 0.1) is 12.7 Å². The Labute approximate surface area is 197 Å². The SMILES string of the molecule is COc1cc(C2=C(CC3CCCCC3)C(O)(c3ccc4c(c3)OCO4)OC2=O)cc2c1OCO2. The molecule has 0 bridgehead atoms. The minimum absolute atomic E-state index is 0.0781. The number of rotatable bonds is 5. The first-order valence-electron chi connectivity index (χ1n) is 11.6. The number of fused-ring (bicyclic) bond motifs is 2. The van der Waals surface area contributed by atoms with Crippen LogP contribution in [-0.4, -0.2) is 31.8 Å². The lowest BCUT2D eigenvalue weighted by Crippen LogP contribution is -2.30. The molecule has 1 aliphatic carbocycles. The Morgan fingerprint density at radius 2 is 1.74 bits per heavy atom. The molecule has 1 N–H and O–H groups in total. The number of carbonyl (C=O) groups excluding carboxylic acids is 1. The molecule has 8 heteroatoms. The number of benzene rings is 2. The third-order valence-corrected chi connectivity index (χ3v) is 7.08. The van der Waals surface area contributed by atoms with E-state index in [2.05, 4.69) is 0 Å². The molecule has 4 aliphatic rings. The molecule has 1 atom stereocenters. The molecule has 3 aliphatic heterocycles. The van der Waals surface area contributed by atoms with Gasteiger partial charge in [-0.25, -0.2) is 4.79 Å². The number of hydrogen-bond acceptors (Lipinski definition) is 8. The topological polar surface area (TPSA) is 92.7 Å². The normalized spacial score (nSPS) is 23.4. The highest BCUT2D eigenvalue weighted by atomic mass is 16.7. The second-order valence-corrected chi connectivity index (χ2v) is 9.08. The summed E-state index contributed by atoms with van der Waals surface area (Å²) in [6.45, 7) is 0.193. The Morgan fingerprint density at radius 1 is 0.971 bits per heavy atom. The summed E-state index contributed by atoms with van der Waals surface area (Å²) in [7, 11) is 1.54. The van der Waals surface area contributed by atoms with Crippen LogP contribution in [0.3, 0.4) is 0 Å². The van der Waals surface area contributed by atoms with Crippen LogP contribution < -0.4 is 23.7 Å². The van der Waals surface area contributed by atoms with E-state index in [1.54, 1.807) is 30.3 Å². The first-order valence-corrected chi connectivity index (χ1v) is 11.6. The standard InChI is InChI=1S/C26H26O8/c1-29-21-10-16(11-22-24(21)33-14-32-22)23-18(9-15-5-3-2-4-6-15)26(28,34-25(23)27)17-7-8-19-20(12-17)31-13-30-19/h7-8,10-12,15,28H,2-6,9,13-14H2,1H3. The summed E-state index contributed by atoms with van der Waals surface area (Å²) in [6, 6.07) is 8.60. The minimum Gasteiger partial charge on any atom is -0.493 e. The van der Waals surface area contributed by atoms with Gasteiger partial charge in [-0.2, -0.15) is 0 Å². The average Bonchev–Trinajstić information content (AvgIpc) is 3.57. The van der Waals surface area contributed by atoms with Crippen LogP contribution in [-0.2, 0) is 15.3 Å². The average molecular weight is 466 g/mol. The van der Waals surface area contributed by atoms with E-state index in [-0.39, 0.29) is 13.6 Å². The van der Waals surface area contributed by atoms with Crippen molar-refractivity contribution in [2.45, 2.75) is 44.3 Å². The van der Waals surface area contributed by atoms with Crippen LogP contribution in [0.1, 0.15) is 49.7 Å². The fraction of sp³-hybridized carbons (Fsp3) is 0.423. The van der Waals surface area contributed by atoms with Crippen molar-refractivity contribution in [1.82, 2.24) is 0 Å². The van der Waals surface area contributed by atoms with Crippen molar-refractivity contribution in [2.24, 2.45) is 5.92 Å². The molecule has 0 spiro atoms. The van der Waals surface area contributed by atoms with Crippen molar-refractivity contribution in [3.05, 3.63) is 47.0 Å². The molecule has 178 valence electrons. The highest BCUT2D eigenvalue weighted by molar-refractivity contribution is 6.20. The highest BCUT2D eigenvalue weighted by Crippen LogP contribution is 2.51. The van der Waals surface area contributed by atoms with Gasteiger partial charge in [0.2, 0.25) is 19.3 Å². The van der Waals surface area contributed by atoms with E-state index >= 15 is 0 Å². The van der Waals surface area contributed by atoms with Gasteiger partial charge in [0.25, 0.3) is 5.79 Å². The van der Waals surface area contributed by atoms with Crippen LogP contribution in [0.5, 0.6) is 28.7 Å². The molecule has 1 fully saturated rings. The molecule has 3 heterocycles. The Balaban J connectivity index is 1.50. The molecular formula is C26H26O8. The van der Waals surface area contributed by atoms with Crippen LogP contribution in [0.25, 0.3) is 5.57 Å². The number of esters is 1.